The Morgan fingerprint density at radius 2 is 1.92 bits per heavy atom. The van der Waals surface area contributed by atoms with E-state index in [9.17, 15) is 0 Å². The monoisotopic (exact) mass is 370 g/mol. The van der Waals surface area contributed by atoms with E-state index in [2.05, 4.69) is 14.9 Å². The Hall–Kier alpha value is -2.01. The highest BCUT2D eigenvalue weighted by molar-refractivity contribution is 6.42. The number of aromatic nitrogens is 3. The summed E-state index contributed by atoms with van der Waals surface area (Å²) in [5.74, 6) is 0.757. The number of nitrogens with zero attached hydrogens (tertiary/aromatic N) is 4. The molecule has 1 aromatic carbocycles. The Labute approximate surface area is 156 Å². The number of halogens is 2. The van der Waals surface area contributed by atoms with Crippen molar-refractivity contribution in [2.45, 2.75) is 19.5 Å². The van der Waals surface area contributed by atoms with Crippen molar-refractivity contribution < 1.29 is 0 Å². The van der Waals surface area contributed by atoms with Gasteiger partial charge in [-0.2, -0.15) is 0 Å². The van der Waals surface area contributed by atoms with E-state index in [0.717, 1.165) is 48.7 Å². The molecule has 0 radical (unpaired) electrons. The highest BCUT2D eigenvalue weighted by atomic mass is 35.5. The first-order valence-electron chi connectivity index (χ1n) is 8.11. The summed E-state index contributed by atoms with van der Waals surface area (Å²) in [6, 6.07) is 9.63. The molecule has 0 fully saturated rings. The Balaban J connectivity index is 1.53. The van der Waals surface area contributed by atoms with Gasteiger partial charge in [0, 0.05) is 55.8 Å². The van der Waals surface area contributed by atoms with Crippen LogP contribution in [0.3, 0.4) is 0 Å². The van der Waals surface area contributed by atoms with Crippen molar-refractivity contribution in [3.63, 3.8) is 0 Å². The Kier molecular flexibility index (Phi) is 4.66. The third-order valence-corrected chi connectivity index (χ3v) is 5.24. The largest absolute Gasteiger partial charge is 0.294 e. The van der Waals surface area contributed by atoms with Crippen molar-refractivity contribution >= 4 is 23.2 Å². The van der Waals surface area contributed by atoms with Crippen LogP contribution in [0.25, 0.3) is 11.4 Å². The summed E-state index contributed by atoms with van der Waals surface area (Å²) in [7, 11) is 0. The normalized spacial score (nSPS) is 14.3. The first kappa shape index (κ1) is 16.5. The number of rotatable bonds is 3. The minimum absolute atomic E-state index is 0.599. The maximum absolute atomic E-state index is 6.31. The molecule has 0 saturated carbocycles. The summed E-state index contributed by atoms with van der Waals surface area (Å²) in [5, 5.41) is 1.24. The molecule has 4 rings (SSSR count). The third kappa shape index (κ3) is 3.52. The molecule has 25 heavy (non-hydrogen) atoms. The zero-order valence-corrected chi connectivity index (χ0v) is 15.0. The standard InChI is InChI=1S/C19H16Cl2N4/c20-16-3-1-2-14(18(16)21)11-25-9-6-17-15(12-25)10-23-19(24-17)13-4-7-22-8-5-13/h1-5,7-8,10H,6,9,11-12H2. The molecule has 0 amide bonds. The fourth-order valence-corrected chi connectivity index (χ4v) is 3.44. The zero-order valence-electron chi connectivity index (χ0n) is 13.5. The highest BCUT2D eigenvalue weighted by Crippen LogP contribution is 2.28. The summed E-state index contributed by atoms with van der Waals surface area (Å²) in [5.41, 5.74) is 4.33. The van der Waals surface area contributed by atoms with Gasteiger partial charge in [0.15, 0.2) is 5.82 Å². The van der Waals surface area contributed by atoms with Gasteiger partial charge < -0.3 is 0 Å². The lowest BCUT2D eigenvalue weighted by Crippen LogP contribution is -2.31. The molecule has 0 bridgehead atoms. The van der Waals surface area contributed by atoms with Crippen LogP contribution in [0.1, 0.15) is 16.8 Å². The summed E-state index contributed by atoms with van der Waals surface area (Å²) in [6.07, 6.45) is 6.35. The van der Waals surface area contributed by atoms with E-state index in [1.165, 1.54) is 5.56 Å². The molecule has 4 nitrogen and oxygen atoms in total. The van der Waals surface area contributed by atoms with Gasteiger partial charge in [0.2, 0.25) is 0 Å². The molecule has 0 saturated heterocycles. The third-order valence-electron chi connectivity index (χ3n) is 4.38. The Morgan fingerprint density at radius 3 is 2.76 bits per heavy atom. The molecule has 1 aliphatic rings. The van der Waals surface area contributed by atoms with Crippen molar-refractivity contribution in [3.05, 3.63) is 75.8 Å². The van der Waals surface area contributed by atoms with Gasteiger partial charge >= 0.3 is 0 Å². The molecule has 0 unspecified atom stereocenters. The minimum Gasteiger partial charge on any atom is -0.294 e. The van der Waals surface area contributed by atoms with Crippen LogP contribution in [0, 0.1) is 0 Å². The van der Waals surface area contributed by atoms with Gasteiger partial charge in [-0.05, 0) is 23.8 Å². The molecular weight excluding hydrogens is 355 g/mol. The van der Waals surface area contributed by atoms with E-state index in [1.807, 2.05) is 36.5 Å². The van der Waals surface area contributed by atoms with Crippen molar-refractivity contribution in [3.8, 4) is 11.4 Å². The van der Waals surface area contributed by atoms with Crippen LogP contribution < -0.4 is 0 Å². The second-order valence-corrected chi connectivity index (χ2v) is 6.86. The lowest BCUT2D eigenvalue weighted by Gasteiger charge is -2.28. The Bertz CT molecular complexity index is 899. The molecular formula is C19H16Cl2N4. The number of hydrogen-bond acceptors (Lipinski definition) is 4. The zero-order chi connectivity index (χ0) is 17.2. The van der Waals surface area contributed by atoms with Crippen LogP contribution in [0.5, 0.6) is 0 Å². The molecule has 0 spiro atoms. The molecule has 3 heterocycles. The van der Waals surface area contributed by atoms with Gasteiger partial charge in [0.1, 0.15) is 0 Å². The van der Waals surface area contributed by atoms with Crippen molar-refractivity contribution in [1.29, 1.82) is 0 Å². The fourth-order valence-electron chi connectivity index (χ4n) is 3.06. The van der Waals surface area contributed by atoms with Gasteiger partial charge in [0.05, 0.1) is 15.7 Å². The minimum atomic E-state index is 0.599. The first-order chi connectivity index (χ1) is 12.2. The van der Waals surface area contributed by atoms with Gasteiger partial charge in [-0.25, -0.2) is 9.97 Å². The predicted molar refractivity (Wildman–Crippen MR) is 99.5 cm³/mol. The average molecular weight is 371 g/mol. The van der Waals surface area contributed by atoms with Crippen molar-refractivity contribution in [2.75, 3.05) is 6.54 Å². The van der Waals surface area contributed by atoms with Gasteiger partial charge in [-0.3, -0.25) is 9.88 Å². The number of hydrogen-bond donors (Lipinski definition) is 0. The second kappa shape index (κ2) is 7.08. The van der Waals surface area contributed by atoms with Crippen LogP contribution >= 0.6 is 23.2 Å². The lowest BCUT2D eigenvalue weighted by atomic mass is 10.1. The molecule has 0 atom stereocenters. The molecule has 126 valence electrons. The van der Waals surface area contributed by atoms with E-state index in [4.69, 9.17) is 28.2 Å². The summed E-state index contributed by atoms with van der Waals surface area (Å²) < 4.78 is 0. The quantitative estimate of drug-likeness (QED) is 0.684. The first-order valence-corrected chi connectivity index (χ1v) is 8.87. The fraction of sp³-hybridized carbons (Fsp3) is 0.211. The maximum Gasteiger partial charge on any atom is 0.159 e. The van der Waals surface area contributed by atoms with E-state index in [1.54, 1.807) is 12.4 Å². The maximum atomic E-state index is 6.31. The second-order valence-electron chi connectivity index (χ2n) is 6.08. The molecule has 3 aromatic rings. The van der Waals surface area contributed by atoms with Crippen LogP contribution in [0.2, 0.25) is 10.0 Å². The summed E-state index contributed by atoms with van der Waals surface area (Å²) in [4.78, 5) is 15.6. The smallest absolute Gasteiger partial charge is 0.159 e. The molecule has 2 aromatic heterocycles. The van der Waals surface area contributed by atoms with E-state index in [0.29, 0.717) is 10.0 Å². The number of pyridine rings is 1. The van der Waals surface area contributed by atoms with Crippen LogP contribution in [-0.2, 0) is 19.5 Å². The van der Waals surface area contributed by atoms with Crippen LogP contribution in [0.15, 0.2) is 48.9 Å². The number of benzene rings is 1. The molecule has 1 aliphatic heterocycles. The van der Waals surface area contributed by atoms with E-state index in [-0.39, 0.29) is 0 Å². The molecule has 6 heteroatoms. The van der Waals surface area contributed by atoms with Crippen LogP contribution in [0.4, 0.5) is 0 Å². The van der Waals surface area contributed by atoms with Gasteiger partial charge in [-0.1, -0.05) is 35.3 Å². The van der Waals surface area contributed by atoms with Crippen molar-refractivity contribution in [2.24, 2.45) is 0 Å². The van der Waals surface area contributed by atoms with Crippen LogP contribution in [-0.4, -0.2) is 26.4 Å². The summed E-state index contributed by atoms with van der Waals surface area (Å²) in [6.45, 7) is 2.52. The Morgan fingerprint density at radius 1 is 1.08 bits per heavy atom. The van der Waals surface area contributed by atoms with Gasteiger partial charge in [-0.15, -0.1) is 0 Å². The van der Waals surface area contributed by atoms with E-state index >= 15 is 0 Å². The summed E-state index contributed by atoms with van der Waals surface area (Å²) >= 11 is 12.4. The van der Waals surface area contributed by atoms with E-state index < -0.39 is 0 Å². The predicted octanol–water partition coefficient (Wildman–Crippen LogP) is 4.40. The van der Waals surface area contributed by atoms with Gasteiger partial charge in [0.25, 0.3) is 0 Å². The topological polar surface area (TPSA) is 41.9 Å². The van der Waals surface area contributed by atoms with Crippen molar-refractivity contribution in [1.82, 2.24) is 19.9 Å². The highest BCUT2D eigenvalue weighted by Gasteiger charge is 2.20. The average Bonchev–Trinajstić information content (AvgIpc) is 2.66. The molecule has 0 N–H and O–H groups in total. The lowest BCUT2D eigenvalue weighted by molar-refractivity contribution is 0.243. The molecule has 0 aliphatic carbocycles. The SMILES string of the molecule is Clc1cccc(CN2CCc3nc(-c4ccncc4)ncc3C2)c1Cl. The number of fused-ring (bicyclic) bond motifs is 1.